The van der Waals surface area contributed by atoms with E-state index in [0.717, 1.165) is 0 Å². The van der Waals surface area contributed by atoms with E-state index in [1.807, 2.05) is 0 Å². The topological polar surface area (TPSA) is 77.8 Å². The molecule has 0 saturated carbocycles. The van der Waals surface area contributed by atoms with E-state index in [4.69, 9.17) is 5.11 Å². The van der Waals surface area contributed by atoms with E-state index in [9.17, 15) is 14.7 Å². The Hall–Kier alpha value is 0.990. The van der Waals surface area contributed by atoms with Crippen LogP contribution in [-0.2, 0) is 9.59 Å². The zero-order valence-electron chi connectivity index (χ0n) is 7.38. The van der Waals surface area contributed by atoms with Gasteiger partial charge in [0.15, 0.2) is 0 Å². The summed E-state index contributed by atoms with van der Waals surface area (Å²) in [6.45, 7) is 1.54. The number of hydrogen-bond acceptors (Lipinski definition) is 4. The molecule has 2 unspecified atom stereocenters. The SMILES string of the molecule is C[C@@H](O)C1C(=O)N2C(C(=O)O)=CSC12.[NaH].[NaH]. The fraction of sp³-hybridized carbons (Fsp3) is 0.500. The molecule has 0 aromatic heterocycles. The van der Waals surface area contributed by atoms with Crippen LogP contribution in [0.1, 0.15) is 6.92 Å². The maximum atomic E-state index is 11.4. The van der Waals surface area contributed by atoms with Gasteiger partial charge < -0.3 is 10.2 Å². The third-order valence-corrected chi connectivity index (χ3v) is 3.54. The molecule has 3 atom stereocenters. The van der Waals surface area contributed by atoms with E-state index < -0.39 is 18.0 Å². The number of thioether (sulfide) groups is 1. The quantitative estimate of drug-likeness (QED) is 0.470. The minimum atomic E-state index is -1.10. The number of carbonyl (C=O) groups excluding carboxylic acids is 1. The molecule has 0 aliphatic carbocycles. The number of carbonyl (C=O) groups is 2. The summed E-state index contributed by atoms with van der Waals surface area (Å²) in [5.41, 5.74) is 0.0156. The van der Waals surface area contributed by atoms with Gasteiger partial charge in [-0.2, -0.15) is 0 Å². The van der Waals surface area contributed by atoms with Crippen LogP contribution in [-0.4, -0.2) is 97.6 Å². The molecule has 8 heteroatoms. The van der Waals surface area contributed by atoms with Crippen LogP contribution in [0.2, 0.25) is 0 Å². The Balaban J connectivity index is 0.00000112. The molecule has 80 valence electrons. The Labute approximate surface area is 141 Å². The van der Waals surface area contributed by atoms with Crippen molar-refractivity contribution >= 4 is 82.8 Å². The molecule has 0 bridgehead atoms. The molecule has 2 heterocycles. The number of rotatable bonds is 2. The van der Waals surface area contributed by atoms with Gasteiger partial charge in [-0.3, -0.25) is 9.69 Å². The molecular formula is C8H11NNa2O4S. The Bertz CT molecular complexity index is 347. The van der Waals surface area contributed by atoms with E-state index in [2.05, 4.69) is 0 Å². The summed E-state index contributed by atoms with van der Waals surface area (Å²) in [5, 5.41) is 19.2. The second kappa shape index (κ2) is 6.24. The van der Waals surface area contributed by atoms with Crippen molar-refractivity contribution < 1.29 is 19.8 Å². The average Bonchev–Trinajstić information content (AvgIpc) is 2.42. The Morgan fingerprint density at radius 3 is 2.56 bits per heavy atom. The van der Waals surface area contributed by atoms with E-state index in [-0.39, 0.29) is 76.1 Å². The average molecular weight is 263 g/mol. The number of aliphatic hydroxyl groups excluding tert-OH is 1. The number of hydrogen-bond donors (Lipinski definition) is 2. The predicted octanol–water partition coefficient (Wildman–Crippen LogP) is -1.47. The zero-order valence-corrected chi connectivity index (χ0v) is 8.19. The molecule has 0 spiro atoms. The third-order valence-electron chi connectivity index (χ3n) is 2.40. The van der Waals surface area contributed by atoms with E-state index >= 15 is 0 Å². The number of carboxylic acids is 1. The van der Waals surface area contributed by atoms with E-state index in [0.29, 0.717) is 0 Å². The molecular weight excluding hydrogens is 252 g/mol. The van der Waals surface area contributed by atoms with Gasteiger partial charge in [0.05, 0.1) is 12.0 Å². The first kappa shape index (κ1) is 17.0. The van der Waals surface area contributed by atoms with Gasteiger partial charge in [0.2, 0.25) is 5.91 Å². The van der Waals surface area contributed by atoms with Crippen molar-refractivity contribution in [3.63, 3.8) is 0 Å². The summed E-state index contributed by atoms with van der Waals surface area (Å²) in [4.78, 5) is 23.4. The van der Waals surface area contributed by atoms with E-state index in [1.54, 1.807) is 6.92 Å². The first-order valence-electron chi connectivity index (χ1n) is 4.14. The summed E-state index contributed by atoms with van der Waals surface area (Å²) in [7, 11) is 0. The number of carboxylic acid groups (broad SMARTS) is 1. The van der Waals surface area contributed by atoms with Crippen LogP contribution >= 0.6 is 11.8 Å². The fourth-order valence-corrected chi connectivity index (χ4v) is 3.01. The van der Waals surface area contributed by atoms with Crippen molar-refractivity contribution in [1.29, 1.82) is 0 Å². The van der Waals surface area contributed by atoms with Gasteiger partial charge in [0.1, 0.15) is 11.1 Å². The van der Waals surface area contributed by atoms with Crippen LogP contribution in [0.4, 0.5) is 0 Å². The Morgan fingerprint density at radius 2 is 2.12 bits per heavy atom. The molecule has 2 aliphatic heterocycles. The van der Waals surface area contributed by atoms with Gasteiger partial charge in [-0.05, 0) is 6.92 Å². The minimum absolute atomic E-state index is 0. The van der Waals surface area contributed by atoms with E-state index in [1.165, 1.54) is 22.1 Å². The van der Waals surface area contributed by atoms with Crippen molar-refractivity contribution in [1.82, 2.24) is 4.90 Å². The summed E-state index contributed by atoms with van der Waals surface area (Å²) in [6.07, 6.45) is -0.724. The Morgan fingerprint density at radius 1 is 1.56 bits per heavy atom. The molecule has 1 amide bonds. The van der Waals surface area contributed by atoms with Crippen LogP contribution in [0, 0.1) is 5.92 Å². The molecule has 5 nitrogen and oxygen atoms in total. The molecule has 16 heavy (non-hydrogen) atoms. The van der Waals surface area contributed by atoms with Gasteiger partial charge >= 0.3 is 65.1 Å². The van der Waals surface area contributed by atoms with Gasteiger partial charge in [0.25, 0.3) is 0 Å². The normalized spacial score (nSPS) is 28.0. The second-order valence-corrected chi connectivity index (χ2v) is 4.30. The molecule has 1 saturated heterocycles. The molecule has 2 aliphatic rings. The third kappa shape index (κ3) is 2.54. The zero-order chi connectivity index (χ0) is 10.5. The molecule has 0 radical (unpaired) electrons. The van der Waals surface area contributed by atoms with Crippen LogP contribution < -0.4 is 0 Å². The summed E-state index contributed by atoms with van der Waals surface area (Å²) < 4.78 is 0. The first-order valence-corrected chi connectivity index (χ1v) is 5.08. The van der Waals surface area contributed by atoms with Crippen LogP contribution in [0.5, 0.6) is 0 Å². The summed E-state index contributed by atoms with van der Waals surface area (Å²) in [5.74, 6) is -1.87. The standard InChI is InChI=1S/C8H9NO4S.2Na.2H/c1-3(10)5-6(11)9-4(8(12)13)2-14-7(5)9;;;;/h2-3,5,7,10H,1H3,(H,12,13);;;;/t3-,5?,7?;;;;/m1..../s1. The van der Waals surface area contributed by atoms with Gasteiger partial charge in [-0.25, -0.2) is 4.79 Å². The van der Waals surface area contributed by atoms with Crippen LogP contribution in [0.15, 0.2) is 11.1 Å². The summed E-state index contributed by atoms with van der Waals surface area (Å²) in [6, 6.07) is 0. The molecule has 2 N–H and O–H groups in total. The van der Waals surface area contributed by atoms with Crippen molar-refractivity contribution in [2.24, 2.45) is 5.92 Å². The van der Waals surface area contributed by atoms with Crippen molar-refractivity contribution in [3.8, 4) is 0 Å². The van der Waals surface area contributed by atoms with Gasteiger partial charge in [0, 0.05) is 5.41 Å². The summed E-state index contributed by atoms with van der Waals surface area (Å²) >= 11 is 1.27. The first-order chi connectivity index (χ1) is 6.54. The number of aliphatic carboxylic acids is 1. The number of fused-ring (bicyclic) bond motifs is 1. The molecule has 1 fully saturated rings. The monoisotopic (exact) mass is 263 g/mol. The maximum absolute atomic E-state index is 11.4. The van der Waals surface area contributed by atoms with Crippen molar-refractivity contribution in [2.45, 2.75) is 18.4 Å². The van der Waals surface area contributed by atoms with Crippen LogP contribution in [0.25, 0.3) is 0 Å². The predicted molar refractivity (Wildman–Crippen MR) is 63.4 cm³/mol. The van der Waals surface area contributed by atoms with Gasteiger partial charge in [-0.15, -0.1) is 11.8 Å². The van der Waals surface area contributed by atoms with Crippen molar-refractivity contribution in [2.75, 3.05) is 0 Å². The van der Waals surface area contributed by atoms with Gasteiger partial charge in [-0.1, -0.05) is 0 Å². The van der Waals surface area contributed by atoms with Crippen molar-refractivity contribution in [3.05, 3.63) is 11.1 Å². The number of β-lactam (4-membered cyclic amide) rings is 1. The number of nitrogens with zero attached hydrogens (tertiary/aromatic N) is 1. The molecule has 0 aromatic carbocycles. The molecule has 2 rings (SSSR count). The molecule has 0 aromatic rings. The fourth-order valence-electron chi connectivity index (χ4n) is 1.68. The van der Waals surface area contributed by atoms with Crippen LogP contribution in [0.3, 0.4) is 0 Å². The number of aliphatic hydroxyl groups is 1. The Kier molecular flexibility index (Phi) is 6.63. The second-order valence-electron chi connectivity index (χ2n) is 3.31. The number of amides is 1.